The van der Waals surface area contributed by atoms with Gasteiger partial charge in [-0.3, -0.25) is 9.58 Å². The predicted molar refractivity (Wildman–Crippen MR) is 69.7 cm³/mol. The molecule has 0 aliphatic carbocycles. The number of hydrogen-bond donors (Lipinski definition) is 1. The zero-order valence-electron chi connectivity index (χ0n) is 11.0. The maximum atomic E-state index is 5.72. The van der Waals surface area contributed by atoms with Crippen molar-refractivity contribution < 1.29 is 0 Å². The van der Waals surface area contributed by atoms with Gasteiger partial charge >= 0.3 is 0 Å². The molecule has 1 aromatic heterocycles. The molecule has 4 heteroatoms. The average molecular weight is 236 g/mol. The summed E-state index contributed by atoms with van der Waals surface area (Å²) in [6, 6.07) is 2.58. The third-order valence-corrected chi connectivity index (χ3v) is 3.67. The highest BCUT2D eigenvalue weighted by Gasteiger charge is 2.19. The first-order valence-electron chi connectivity index (χ1n) is 6.65. The van der Waals surface area contributed by atoms with Gasteiger partial charge < -0.3 is 5.73 Å². The fraction of sp³-hybridized carbons (Fsp3) is 0.769. The average Bonchev–Trinajstić information content (AvgIpc) is 2.78. The van der Waals surface area contributed by atoms with E-state index in [4.69, 9.17) is 5.73 Å². The van der Waals surface area contributed by atoms with Crippen LogP contribution < -0.4 is 5.73 Å². The van der Waals surface area contributed by atoms with Crippen molar-refractivity contribution in [3.8, 4) is 0 Å². The number of likely N-dealkylation sites (tertiary alicyclic amines) is 1. The highest BCUT2D eigenvalue weighted by Crippen LogP contribution is 2.18. The Morgan fingerprint density at radius 2 is 2.12 bits per heavy atom. The van der Waals surface area contributed by atoms with Crippen LogP contribution in [0, 0.1) is 5.92 Å². The minimum atomic E-state index is 0.446. The Labute approximate surface area is 104 Å². The molecule has 0 spiro atoms. The summed E-state index contributed by atoms with van der Waals surface area (Å²) in [6.07, 6.45) is 4.39. The standard InChI is InChI=1S/C13H24N4/c1-11(2)17-13(3-6-15-17)10-16-7-4-12(9-14)5-8-16/h3,6,11-12H,4-5,7-10,14H2,1-2H3. The molecular formula is C13H24N4. The molecule has 0 atom stereocenters. The largest absolute Gasteiger partial charge is 0.330 e. The van der Waals surface area contributed by atoms with Crippen molar-refractivity contribution in [1.82, 2.24) is 14.7 Å². The molecule has 1 aliphatic heterocycles. The molecule has 0 radical (unpaired) electrons. The Morgan fingerprint density at radius 1 is 1.41 bits per heavy atom. The second kappa shape index (κ2) is 5.65. The molecule has 1 saturated heterocycles. The van der Waals surface area contributed by atoms with Gasteiger partial charge in [0.25, 0.3) is 0 Å². The van der Waals surface area contributed by atoms with E-state index >= 15 is 0 Å². The van der Waals surface area contributed by atoms with E-state index in [2.05, 4.69) is 34.6 Å². The fourth-order valence-corrected chi connectivity index (χ4v) is 2.54. The van der Waals surface area contributed by atoms with Crippen molar-refractivity contribution in [3.63, 3.8) is 0 Å². The van der Waals surface area contributed by atoms with E-state index in [-0.39, 0.29) is 0 Å². The Hall–Kier alpha value is -0.870. The second-order valence-corrected chi connectivity index (χ2v) is 5.32. The highest BCUT2D eigenvalue weighted by molar-refractivity contribution is 5.01. The minimum Gasteiger partial charge on any atom is -0.330 e. The van der Waals surface area contributed by atoms with E-state index in [1.807, 2.05) is 6.20 Å². The van der Waals surface area contributed by atoms with Crippen molar-refractivity contribution in [2.75, 3.05) is 19.6 Å². The van der Waals surface area contributed by atoms with Gasteiger partial charge in [-0.05, 0) is 58.3 Å². The van der Waals surface area contributed by atoms with E-state index < -0.39 is 0 Å². The summed E-state index contributed by atoms with van der Waals surface area (Å²) in [5.41, 5.74) is 7.04. The van der Waals surface area contributed by atoms with E-state index in [0.29, 0.717) is 6.04 Å². The quantitative estimate of drug-likeness (QED) is 0.864. The van der Waals surface area contributed by atoms with Gasteiger partial charge in [-0.2, -0.15) is 5.10 Å². The Bertz CT molecular complexity index is 337. The second-order valence-electron chi connectivity index (χ2n) is 5.32. The topological polar surface area (TPSA) is 47.1 Å². The smallest absolute Gasteiger partial charge is 0.0527 e. The molecule has 0 saturated carbocycles. The van der Waals surface area contributed by atoms with Gasteiger partial charge in [0.2, 0.25) is 0 Å². The number of nitrogens with two attached hydrogens (primary N) is 1. The van der Waals surface area contributed by atoms with Crippen molar-refractivity contribution in [2.45, 2.75) is 39.3 Å². The van der Waals surface area contributed by atoms with Gasteiger partial charge in [-0.15, -0.1) is 0 Å². The zero-order chi connectivity index (χ0) is 12.3. The molecule has 1 aliphatic rings. The lowest BCUT2D eigenvalue weighted by Crippen LogP contribution is -2.36. The van der Waals surface area contributed by atoms with Crippen LogP contribution in [-0.2, 0) is 6.54 Å². The van der Waals surface area contributed by atoms with Gasteiger partial charge in [0.1, 0.15) is 0 Å². The van der Waals surface area contributed by atoms with Crippen LogP contribution >= 0.6 is 0 Å². The van der Waals surface area contributed by atoms with E-state index in [1.54, 1.807) is 0 Å². The van der Waals surface area contributed by atoms with Crippen molar-refractivity contribution in [1.29, 1.82) is 0 Å². The molecule has 0 aromatic carbocycles. The molecule has 17 heavy (non-hydrogen) atoms. The molecular weight excluding hydrogens is 212 g/mol. The maximum absolute atomic E-state index is 5.72. The van der Waals surface area contributed by atoms with Gasteiger partial charge in [0.05, 0.1) is 5.69 Å². The van der Waals surface area contributed by atoms with Crippen molar-refractivity contribution in [3.05, 3.63) is 18.0 Å². The van der Waals surface area contributed by atoms with Crippen LogP contribution in [0.3, 0.4) is 0 Å². The predicted octanol–water partition coefficient (Wildman–Crippen LogP) is 1.63. The number of hydrogen-bond acceptors (Lipinski definition) is 3. The number of aromatic nitrogens is 2. The van der Waals surface area contributed by atoms with Crippen LogP contribution in [0.4, 0.5) is 0 Å². The van der Waals surface area contributed by atoms with Crippen molar-refractivity contribution in [2.24, 2.45) is 11.7 Å². The molecule has 0 bridgehead atoms. The summed E-state index contributed by atoms with van der Waals surface area (Å²) in [6.45, 7) is 8.57. The Balaban J connectivity index is 1.91. The molecule has 0 amide bonds. The fourth-order valence-electron chi connectivity index (χ4n) is 2.54. The molecule has 0 unspecified atom stereocenters. The molecule has 2 N–H and O–H groups in total. The molecule has 96 valence electrons. The van der Waals surface area contributed by atoms with E-state index in [0.717, 1.165) is 19.0 Å². The monoisotopic (exact) mass is 236 g/mol. The first-order valence-corrected chi connectivity index (χ1v) is 6.65. The summed E-state index contributed by atoms with van der Waals surface area (Å²) in [4.78, 5) is 2.52. The summed E-state index contributed by atoms with van der Waals surface area (Å²) >= 11 is 0. The third kappa shape index (κ3) is 3.07. The summed E-state index contributed by atoms with van der Waals surface area (Å²) in [5.74, 6) is 0.737. The van der Waals surface area contributed by atoms with Gasteiger partial charge in [-0.25, -0.2) is 0 Å². The van der Waals surface area contributed by atoms with Crippen LogP contribution in [0.5, 0.6) is 0 Å². The minimum absolute atomic E-state index is 0.446. The highest BCUT2D eigenvalue weighted by atomic mass is 15.3. The maximum Gasteiger partial charge on any atom is 0.0527 e. The van der Waals surface area contributed by atoms with Crippen LogP contribution in [0.25, 0.3) is 0 Å². The zero-order valence-corrected chi connectivity index (χ0v) is 11.0. The number of nitrogens with zero attached hydrogens (tertiary/aromatic N) is 3. The van der Waals surface area contributed by atoms with E-state index in [1.165, 1.54) is 31.6 Å². The summed E-state index contributed by atoms with van der Waals surface area (Å²) in [5, 5.41) is 4.38. The van der Waals surface area contributed by atoms with Gasteiger partial charge in [-0.1, -0.05) is 0 Å². The lowest BCUT2D eigenvalue weighted by atomic mass is 9.97. The number of rotatable bonds is 4. The van der Waals surface area contributed by atoms with Crippen LogP contribution in [0.1, 0.15) is 38.4 Å². The van der Waals surface area contributed by atoms with Crippen LogP contribution in [0.2, 0.25) is 0 Å². The Morgan fingerprint density at radius 3 is 2.71 bits per heavy atom. The molecule has 1 fully saturated rings. The van der Waals surface area contributed by atoms with Gasteiger partial charge in [0, 0.05) is 18.8 Å². The molecule has 2 rings (SSSR count). The van der Waals surface area contributed by atoms with Crippen LogP contribution in [0.15, 0.2) is 12.3 Å². The molecule has 1 aromatic rings. The molecule has 2 heterocycles. The van der Waals surface area contributed by atoms with Crippen LogP contribution in [-0.4, -0.2) is 34.3 Å². The van der Waals surface area contributed by atoms with Gasteiger partial charge in [0.15, 0.2) is 0 Å². The summed E-state index contributed by atoms with van der Waals surface area (Å²) in [7, 11) is 0. The van der Waals surface area contributed by atoms with E-state index in [9.17, 15) is 0 Å². The Kier molecular flexibility index (Phi) is 4.18. The SMILES string of the molecule is CC(C)n1nccc1CN1CCC(CN)CC1. The third-order valence-electron chi connectivity index (χ3n) is 3.67. The number of piperidine rings is 1. The van der Waals surface area contributed by atoms with Crippen molar-refractivity contribution >= 4 is 0 Å². The normalized spacial score (nSPS) is 19.1. The lowest BCUT2D eigenvalue weighted by Gasteiger charge is -2.31. The lowest BCUT2D eigenvalue weighted by molar-refractivity contribution is 0.175. The summed E-state index contributed by atoms with van der Waals surface area (Å²) < 4.78 is 2.12. The first-order chi connectivity index (χ1) is 8.20. The molecule has 4 nitrogen and oxygen atoms in total. The first kappa shape index (κ1) is 12.6.